The second-order valence-electron chi connectivity index (χ2n) is 4.54. The summed E-state index contributed by atoms with van der Waals surface area (Å²) < 4.78 is 7.59. The van der Waals surface area contributed by atoms with Crippen LogP contribution in [0, 0.1) is 0 Å². The van der Waals surface area contributed by atoms with Gasteiger partial charge in [0.25, 0.3) is 0 Å². The monoisotopic (exact) mass is 382 g/mol. The Kier molecular flexibility index (Phi) is 3.84. The molecule has 1 aromatic heterocycles. The molecule has 0 amide bonds. The summed E-state index contributed by atoms with van der Waals surface area (Å²) in [6, 6.07) is 9.82. The summed E-state index contributed by atoms with van der Waals surface area (Å²) in [6.07, 6.45) is 2.36. The van der Waals surface area contributed by atoms with E-state index in [9.17, 15) is 0 Å². The molecule has 19 heavy (non-hydrogen) atoms. The Morgan fingerprint density at radius 1 is 1.16 bits per heavy atom. The van der Waals surface area contributed by atoms with Crippen molar-refractivity contribution in [1.82, 2.24) is 9.97 Å². The van der Waals surface area contributed by atoms with E-state index >= 15 is 0 Å². The molecule has 5 heteroatoms. The van der Waals surface area contributed by atoms with Crippen LogP contribution < -0.4 is 4.74 Å². The minimum absolute atomic E-state index is 0.495. The molecule has 1 heterocycles. The van der Waals surface area contributed by atoms with E-state index in [0.29, 0.717) is 18.4 Å². The summed E-state index contributed by atoms with van der Waals surface area (Å²) in [4.78, 5) is 8.85. The van der Waals surface area contributed by atoms with Crippen molar-refractivity contribution in [2.45, 2.75) is 25.4 Å². The number of hydrogen-bond donors (Lipinski definition) is 0. The van der Waals surface area contributed by atoms with Gasteiger partial charge in [-0.15, -0.1) is 0 Å². The zero-order chi connectivity index (χ0) is 13.2. The molecule has 0 N–H and O–H groups in total. The summed E-state index contributed by atoms with van der Waals surface area (Å²) >= 11 is 6.92. The van der Waals surface area contributed by atoms with Gasteiger partial charge in [-0.05, 0) is 34.8 Å². The van der Waals surface area contributed by atoms with E-state index in [0.717, 1.165) is 20.5 Å². The standard InChI is InChI=1S/C14H12Br2N2O/c15-11-4-2-1-3-10(11)8-19-13-7-12(16)17-14(18-13)9-5-6-9/h1-4,7,9H,5-6,8H2. The van der Waals surface area contributed by atoms with Crippen LogP contribution in [0.2, 0.25) is 0 Å². The first-order valence-electron chi connectivity index (χ1n) is 6.13. The SMILES string of the molecule is Brc1cc(OCc2ccccc2Br)nc(C2CC2)n1. The molecule has 98 valence electrons. The van der Waals surface area contributed by atoms with Gasteiger partial charge < -0.3 is 4.74 Å². The van der Waals surface area contributed by atoms with Gasteiger partial charge in [-0.1, -0.05) is 34.1 Å². The smallest absolute Gasteiger partial charge is 0.218 e. The van der Waals surface area contributed by atoms with Crippen LogP contribution in [-0.4, -0.2) is 9.97 Å². The van der Waals surface area contributed by atoms with Gasteiger partial charge >= 0.3 is 0 Å². The Morgan fingerprint density at radius 2 is 1.95 bits per heavy atom. The van der Waals surface area contributed by atoms with E-state index < -0.39 is 0 Å². The molecule has 0 saturated heterocycles. The first kappa shape index (κ1) is 13.1. The summed E-state index contributed by atoms with van der Waals surface area (Å²) in [5.74, 6) is 2.03. The second-order valence-corrected chi connectivity index (χ2v) is 6.21. The highest BCUT2D eigenvalue weighted by Gasteiger charge is 2.27. The van der Waals surface area contributed by atoms with Crippen molar-refractivity contribution in [1.29, 1.82) is 0 Å². The quantitative estimate of drug-likeness (QED) is 0.731. The maximum Gasteiger partial charge on any atom is 0.218 e. The predicted molar refractivity (Wildman–Crippen MR) is 80.2 cm³/mol. The summed E-state index contributed by atoms with van der Waals surface area (Å²) in [5.41, 5.74) is 1.10. The molecule has 3 nitrogen and oxygen atoms in total. The van der Waals surface area contributed by atoms with Gasteiger partial charge in [-0.3, -0.25) is 0 Å². The van der Waals surface area contributed by atoms with Gasteiger partial charge in [-0.2, -0.15) is 4.98 Å². The third-order valence-electron chi connectivity index (χ3n) is 2.96. The van der Waals surface area contributed by atoms with Crippen LogP contribution in [0.1, 0.15) is 30.1 Å². The summed E-state index contributed by atoms with van der Waals surface area (Å²) in [7, 11) is 0. The lowest BCUT2D eigenvalue weighted by atomic mass is 10.2. The molecule has 1 fully saturated rings. The Balaban J connectivity index is 1.74. The largest absolute Gasteiger partial charge is 0.473 e. The number of halogens is 2. The topological polar surface area (TPSA) is 35.0 Å². The van der Waals surface area contributed by atoms with Crippen molar-refractivity contribution in [2.24, 2.45) is 0 Å². The van der Waals surface area contributed by atoms with Gasteiger partial charge in [0, 0.05) is 22.0 Å². The minimum Gasteiger partial charge on any atom is -0.473 e. The van der Waals surface area contributed by atoms with Crippen molar-refractivity contribution in [3.63, 3.8) is 0 Å². The fourth-order valence-corrected chi connectivity index (χ4v) is 2.56. The molecule has 0 aliphatic heterocycles. The maximum atomic E-state index is 5.76. The number of ether oxygens (including phenoxy) is 1. The van der Waals surface area contributed by atoms with Gasteiger partial charge in [0.05, 0.1) is 0 Å². The van der Waals surface area contributed by atoms with Crippen LogP contribution in [0.5, 0.6) is 5.88 Å². The number of aromatic nitrogens is 2. The average Bonchev–Trinajstić information content (AvgIpc) is 3.21. The molecule has 1 aliphatic rings. The van der Waals surface area contributed by atoms with Gasteiger partial charge in [0.15, 0.2) is 0 Å². The highest BCUT2D eigenvalue weighted by molar-refractivity contribution is 9.10. The van der Waals surface area contributed by atoms with Crippen LogP contribution in [0.15, 0.2) is 39.4 Å². The van der Waals surface area contributed by atoms with Gasteiger partial charge in [0.1, 0.15) is 17.0 Å². The Hall–Kier alpha value is -0.940. The van der Waals surface area contributed by atoms with Gasteiger partial charge in [0.2, 0.25) is 5.88 Å². The lowest BCUT2D eigenvalue weighted by Gasteiger charge is -2.08. The lowest BCUT2D eigenvalue weighted by Crippen LogP contribution is -2.01. The number of rotatable bonds is 4. The lowest BCUT2D eigenvalue weighted by molar-refractivity contribution is 0.291. The van der Waals surface area contributed by atoms with E-state index in [1.54, 1.807) is 0 Å². The minimum atomic E-state index is 0.495. The van der Waals surface area contributed by atoms with E-state index in [-0.39, 0.29) is 0 Å². The summed E-state index contributed by atoms with van der Waals surface area (Å²) in [5, 5.41) is 0. The first-order valence-corrected chi connectivity index (χ1v) is 7.71. The fourth-order valence-electron chi connectivity index (χ4n) is 1.78. The third-order valence-corrected chi connectivity index (χ3v) is 4.14. The molecule has 1 saturated carbocycles. The molecule has 3 rings (SSSR count). The molecule has 0 radical (unpaired) electrons. The number of benzene rings is 1. The number of nitrogens with zero attached hydrogens (tertiary/aromatic N) is 2. The van der Waals surface area contributed by atoms with Crippen molar-refractivity contribution >= 4 is 31.9 Å². The fraction of sp³-hybridized carbons (Fsp3) is 0.286. The Morgan fingerprint density at radius 3 is 2.68 bits per heavy atom. The van der Waals surface area contributed by atoms with Gasteiger partial charge in [-0.25, -0.2) is 4.98 Å². The van der Waals surface area contributed by atoms with Crippen molar-refractivity contribution in [3.8, 4) is 5.88 Å². The molecule has 0 unspecified atom stereocenters. The molecule has 0 atom stereocenters. The molecule has 0 spiro atoms. The van der Waals surface area contributed by atoms with Crippen LogP contribution in [0.25, 0.3) is 0 Å². The van der Waals surface area contributed by atoms with E-state index in [1.165, 1.54) is 12.8 Å². The Bertz CT molecular complexity index is 600. The number of hydrogen-bond acceptors (Lipinski definition) is 3. The van der Waals surface area contributed by atoms with Crippen LogP contribution in [0.4, 0.5) is 0 Å². The third kappa shape index (κ3) is 3.34. The van der Waals surface area contributed by atoms with E-state index in [4.69, 9.17) is 4.74 Å². The van der Waals surface area contributed by atoms with E-state index in [2.05, 4.69) is 41.8 Å². The maximum absolute atomic E-state index is 5.76. The van der Waals surface area contributed by atoms with E-state index in [1.807, 2.05) is 30.3 Å². The predicted octanol–water partition coefficient (Wildman–Crippen LogP) is 4.46. The van der Waals surface area contributed by atoms with Crippen LogP contribution in [-0.2, 0) is 6.61 Å². The molecule has 0 bridgehead atoms. The Labute approximate surface area is 128 Å². The van der Waals surface area contributed by atoms with Crippen molar-refractivity contribution < 1.29 is 4.74 Å². The molecular formula is C14H12Br2N2O. The zero-order valence-electron chi connectivity index (χ0n) is 10.1. The van der Waals surface area contributed by atoms with Crippen LogP contribution in [0.3, 0.4) is 0 Å². The average molecular weight is 384 g/mol. The highest BCUT2D eigenvalue weighted by atomic mass is 79.9. The van der Waals surface area contributed by atoms with Crippen molar-refractivity contribution in [3.05, 3.63) is 50.8 Å². The van der Waals surface area contributed by atoms with Crippen molar-refractivity contribution in [2.75, 3.05) is 0 Å². The van der Waals surface area contributed by atoms with Crippen LogP contribution >= 0.6 is 31.9 Å². The molecule has 1 aliphatic carbocycles. The zero-order valence-corrected chi connectivity index (χ0v) is 13.3. The molecule has 1 aromatic carbocycles. The molecular weight excluding hydrogens is 372 g/mol. The normalized spacial score (nSPS) is 14.4. The molecule has 2 aromatic rings. The second kappa shape index (κ2) is 5.59. The first-order chi connectivity index (χ1) is 9.22. The highest BCUT2D eigenvalue weighted by Crippen LogP contribution is 2.39. The summed E-state index contributed by atoms with van der Waals surface area (Å²) in [6.45, 7) is 0.495.